The first kappa shape index (κ1) is 11.2. The average Bonchev–Trinajstić information content (AvgIpc) is 2.25. The van der Waals surface area contributed by atoms with Crippen LogP contribution in [-0.2, 0) is 4.79 Å². The van der Waals surface area contributed by atoms with Crippen LogP contribution in [0.3, 0.4) is 0 Å². The van der Waals surface area contributed by atoms with Crippen molar-refractivity contribution in [3.05, 3.63) is 0 Å². The zero-order valence-corrected chi connectivity index (χ0v) is 8.61. The van der Waals surface area contributed by atoms with E-state index >= 15 is 0 Å². The Morgan fingerprint density at radius 2 is 2.36 bits per heavy atom. The summed E-state index contributed by atoms with van der Waals surface area (Å²) >= 11 is 0. The quantitative estimate of drug-likeness (QED) is 0.493. The van der Waals surface area contributed by atoms with Crippen LogP contribution in [0.15, 0.2) is 0 Å². The summed E-state index contributed by atoms with van der Waals surface area (Å²) in [6, 6.07) is 2.15. The summed E-state index contributed by atoms with van der Waals surface area (Å²) in [6.45, 7) is 3.10. The molecule has 0 radical (unpaired) electrons. The number of carbonyl (C=O) groups excluding carboxylic acids is 1. The Balaban J connectivity index is 2.11. The molecule has 1 fully saturated rings. The Hall–Kier alpha value is -0.880. The molecule has 0 bridgehead atoms. The minimum Gasteiger partial charge on any atom is -0.303 e. The third kappa shape index (κ3) is 3.89. The Morgan fingerprint density at radius 1 is 1.50 bits per heavy atom. The van der Waals surface area contributed by atoms with E-state index < -0.39 is 0 Å². The Bertz CT molecular complexity index is 210. The van der Waals surface area contributed by atoms with Gasteiger partial charge in [0.25, 0.3) is 0 Å². The molecule has 1 aliphatic heterocycles. The molecular formula is C11H18N2O. The summed E-state index contributed by atoms with van der Waals surface area (Å²) in [7, 11) is 0. The molecule has 0 saturated carbocycles. The first-order valence-electron chi connectivity index (χ1n) is 5.41. The molecule has 0 spiro atoms. The predicted molar refractivity (Wildman–Crippen MR) is 54.7 cm³/mol. The predicted octanol–water partition coefficient (Wildman–Crippen LogP) is 1.59. The van der Waals surface area contributed by atoms with E-state index in [4.69, 9.17) is 5.26 Å². The zero-order chi connectivity index (χ0) is 10.2. The molecule has 1 rings (SSSR count). The zero-order valence-electron chi connectivity index (χ0n) is 8.61. The minimum absolute atomic E-state index is 0.250. The molecule has 1 heterocycles. The smallest absolute Gasteiger partial charge is 0.124 e. The summed E-state index contributed by atoms with van der Waals surface area (Å²) < 4.78 is 0. The van der Waals surface area contributed by atoms with Gasteiger partial charge >= 0.3 is 0 Å². The molecule has 0 aromatic carbocycles. The standard InChI is InChI=1S/C11H18N2O/c12-6-2-1-3-7-13-8-4-5-11(9-13)10-14/h10-11H,1-5,7-9H2. The molecule has 1 unspecified atom stereocenters. The molecule has 3 heteroatoms. The first-order valence-corrected chi connectivity index (χ1v) is 5.41. The molecule has 0 amide bonds. The van der Waals surface area contributed by atoms with E-state index in [-0.39, 0.29) is 5.92 Å². The van der Waals surface area contributed by atoms with Crippen LogP contribution in [0, 0.1) is 17.2 Å². The van der Waals surface area contributed by atoms with Crippen molar-refractivity contribution >= 4 is 6.29 Å². The van der Waals surface area contributed by atoms with Crippen LogP contribution < -0.4 is 0 Å². The van der Waals surface area contributed by atoms with Crippen LogP contribution in [0.2, 0.25) is 0 Å². The summed E-state index contributed by atoms with van der Waals surface area (Å²) in [4.78, 5) is 13.0. The third-order valence-corrected chi connectivity index (χ3v) is 2.75. The van der Waals surface area contributed by atoms with Crippen molar-refractivity contribution in [1.29, 1.82) is 5.26 Å². The monoisotopic (exact) mass is 194 g/mol. The molecule has 0 N–H and O–H groups in total. The largest absolute Gasteiger partial charge is 0.303 e. The Morgan fingerprint density at radius 3 is 3.07 bits per heavy atom. The number of likely N-dealkylation sites (tertiary alicyclic amines) is 1. The molecule has 0 aromatic rings. The van der Waals surface area contributed by atoms with Crippen molar-refractivity contribution in [2.45, 2.75) is 32.1 Å². The van der Waals surface area contributed by atoms with E-state index in [0.29, 0.717) is 6.42 Å². The van der Waals surface area contributed by atoms with Gasteiger partial charge in [-0.25, -0.2) is 0 Å². The fourth-order valence-corrected chi connectivity index (χ4v) is 1.94. The van der Waals surface area contributed by atoms with Gasteiger partial charge < -0.3 is 9.69 Å². The van der Waals surface area contributed by atoms with Gasteiger partial charge in [0.1, 0.15) is 6.29 Å². The van der Waals surface area contributed by atoms with Crippen molar-refractivity contribution in [3.8, 4) is 6.07 Å². The molecule has 0 aromatic heterocycles. The number of carbonyl (C=O) groups is 1. The Kier molecular flexibility index (Phi) is 5.24. The number of rotatable bonds is 5. The van der Waals surface area contributed by atoms with Gasteiger partial charge in [-0.3, -0.25) is 0 Å². The molecule has 0 aliphatic carbocycles. The summed E-state index contributed by atoms with van der Waals surface area (Å²) in [5.41, 5.74) is 0. The second-order valence-corrected chi connectivity index (χ2v) is 3.95. The number of nitrogens with zero attached hydrogens (tertiary/aromatic N) is 2. The van der Waals surface area contributed by atoms with Crippen molar-refractivity contribution in [2.75, 3.05) is 19.6 Å². The lowest BCUT2D eigenvalue weighted by atomic mass is 9.99. The van der Waals surface area contributed by atoms with E-state index in [1.165, 1.54) is 0 Å². The molecule has 14 heavy (non-hydrogen) atoms. The number of hydrogen-bond acceptors (Lipinski definition) is 3. The van der Waals surface area contributed by atoms with E-state index in [9.17, 15) is 4.79 Å². The summed E-state index contributed by atoms with van der Waals surface area (Å²) in [6.07, 6.45) is 6.00. The highest BCUT2D eigenvalue weighted by Crippen LogP contribution is 2.14. The van der Waals surface area contributed by atoms with Crippen LogP contribution in [0.25, 0.3) is 0 Å². The Labute approximate surface area is 85.7 Å². The first-order chi connectivity index (χ1) is 6.86. The lowest BCUT2D eigenvalue weighted by molar-refractivity contribution is -0.112. The number of unbranched alkanes of at least 4 members (excludes halogenated alkanes) is 2. The van der Waals surface area contributed by atoms with Crippen molar-refractivity contribution in [1.82, 2.24) is 4.90 Å². The molecule has 3 nitrogen and oxygen atoms in total. The normalized spacial score (nSPS) is 22.9. The maximum absolute atomic E-state index is 10.6. The number of nitriles is 1. The molecular weight excluding hydrogens is 176 g/mol. The van der Waals surface area contributed by atoms with Gasteiger partial charge in [-0.2, -0.15) is 5.26 Å². The minimum atomic E-state index is 0.250. The van der Waals surface area contributed by atoms with Crippen LogP contribution in [0.1, 0.15) is 32.1 Å². The van der Waals surface area contributed by atoms with Gasteiger partial charge in [-0.05, 0) is 38.8 Å². The van der Waals surface area contributed by atoms with E-state index in [2.05, 4.69) is 11.0 Å². The second-order valence-electron chi connectivity index (χ2n) is 3.95. The topological polar surface area (TPSA) is 44.1 Å². The van der Waals surface area contributed by atoms with Crippen molar-refractivity contribution in [2.24, 2.45) is 5.92 Å². The lowest BCUT2D eigenvalue weighted by Crippen LogP contribution is -2.36. The SMILES string of the molecule is N#CCCCCN1CCCC(C=O)C1. The third-order valence-electron chi connectivity index (χ3n) is 2.75. The molecule has 1 saturated heterocycles. The van der Waals surface area contributed by atoms with Gasteiger partial charge in [0.2, 0.25) is 0 Å². The van der Waals surface area contributed by atoms with Crippen LogP contribution in [0.5, 0.6) is 0 Å². The second kappa shape index (κ2) is 6.56. The maximum Gasteiger partial charge on any atom is 0.124 e. The van der Waals surface area contributed by atoms with Gasteiger partial charge in [0, 0.05) is 18.9 Å². The lowest BCUT2D eigenvalue weighted by Gasteiger charge is -2.29. The van der Waals surface area contributed by atoms with Crippen LogP contribution in [0.4, 0.5) is 0 Å². The average molecular weight is 194 g/mol. The van der Waals surface area contributed by atoms with Crippen LogP contribution >= 0.6 is 0 Å². The van der Waals surface area contributed by atoms with E-state index in [1.807, 2.05) is 0 Å². The van der Waals surface area contributed by atoms with Gasteiger partial charge in [-0.15, -0.1) is 0 Å². The highest BCUT2D eigenvalue weighted by molar-refractivity contribution is 5.53. The summed E-state index contributed by atoms with van der Waals surface area (Å²) in [5.74, 6) is 0.250. The van der Waals surface area contributed by atoms with Crippen LogP contribution in [-0.4, -0.2) is 30.8 Å². The number of piperidine rings is 1. The number of hydrogen-bond donors (Lipinski definition) is 0. The molecule has 78 valence electrons. The molecule has 1 atom stereocenters. The van der Waals surface area contributed by atoms with E-state index in [1.54, 1.807) is 0 Å². The van der Waals surface area contributed by atoms with Crippen molar-refractivity contribution < 1.29 is 4.79 Å². The highest BCUT2D eigenvalue weighted by atomic mass is 16.1. The fourth-order valence-electron chi connectivity index (χ4n) is 1.94. The highest BCUT2D eigenvalue weighted by Gasteiger charge is 2.18. The summed E-state index contributed by atoms with van der Waals surface area (Å²) in [5, 5.41) is 8.37. The van der Waals surface area contributed by atoms with Crippen molar-refractivity contribution in [3.63, 3.8) is 0 Å². The maximum atomic E-state index is 10.6. The van der Waals surface area contributed by atoms with E-state index in [0.717, 1.165) is 51.6 Å². The van der Waals surface area contributed by atoms with Gasteiger partial charge in [0.15, 0.2) is 0 Å². The molecule has 1 aliphatic rings. The number of aldehydes is 1. The fraction of sp³-hybridized carbons (Fsp3) is 0.818. The van der Waals surface area contributed by atoms with Gasteiger partial charge in [-0.1, -0.05) is 0 Å². The van der Waals surface area contributed by atoms with Gasteiger partial charge in [0.05, 0.1) is 6.07 Å².